The Bertz CT molecular complexity index is 248. The summed E-state index contributed by atoms with van der Waals surface area (Å²) in [7, 11) is 0. The van der Waals surface area contributed by atoms with E-state index in [1.165, 1.54) is 11.8 Å². The van der Waals surface area contributed by atoms with Gasteiger partial charge >= 0.3 is 0 Å². The zero-order valence-electron chi connectivity index (χ0n) is 7.04. The molecule has 0 aliphatic heterocycles. The Balaban J connectivity index is 2.33. The summed E-state index contributed by atoms with van der Waals surface area (Å²) in [6.45, 7) is 0. The van der Waals surface area contributed by atoms with Gasteiger partial charge in [0.25, 0.3) is 0 Å². The van der Waals surface area contributed by atoms with Crippen molar-refractivity contribution < 1.29 is 8.78 Å². The van der Waals surface area contributed by atoms with Crippen LogP contribution in [-0.2, 0) is 0 Å². The first-order valence-corrected chi connectivity index (χ1v) is 4.93. The molecule has 1 rings (SSSR count). The van der Waals surface area contributed by atoms with E-state index < -0.39 is 6.43 Å². The van der Waals surface area contributed by atoms with Crippen LogP contribution < -0.4 is 5.73 Å². The molecule has 0 amide bonds. The van der Waals surface area contributed by atoms with Gasteiger partial charge in [-0.2, -0.15) is 0 Å². The molecular formula is C9H11F2NS. The highest BCUT2D eigenvalue weighted by Gasteiger charge is 2.01. The number of hydrogen-bond donors (Lipinski definition) is 1. The lowest BCUT2D eigenvalue weighted by Crippen LogP contribution is -1.91. The number of hydrogen-bond acceptors (Lipinski definition) is 2. The lowest BCUT2D eigenvalue weighted by Gasteiger charge is -2.01. The van der Waals surface area contributed by atoms with Crippen LogP contribution in [0.4, 0.5) is 14.5 Å². The second kappa shape index (κ2) is 5.07. The van der Waals surface area contributed by atoms with Crippen molar-refractivity contribution in [1.29, 1.82) is 0 Å². The van der Waals surface area contributed by atoms with E-state index in [-0.39, 0.29) is 6.42 Å². The number of alkyl halides is 2. The Morgan fingerprint density at radius 2 is 1.85 bits per heavy atom. The molecule has 0 fully saturated rings. The first-order valence-electron chi connectivity index (χ1n) is 3.95. The molecule has 1 aromatic carbocycles. The maximum atomic E-state index is 11.8. The largest absolute Gasteiger partial charge is 0.399 e. The fraction of sp³-hybridized carbons (Fsp3) is 0.333. The number of halogens is 2. The minimum atomic E-state index is -2.21. The van der Waals surface area contributed by atoms with Gasteiger partial charge in [-0.25, -0.2) is 8.78 Å². The number of benzene rings is 1. The Labute approximate surface area is 80.3 Å². The van der Waals surface area contributed by atoms with E-state index in [1.54, 1.807) is 12.1 Å². The molecule has 0 heterocycles. The van der Waals surface area contributed by atoms with Crippen molar-refractivity contribution in [3.05, 3.63) is 24.3 Å². The second-order valence-corrected chi connectivity index (χ2v) is 3.77. The van der Waals surface area contributed by atoms with Gasteiger partial charge in [0, 0.05) is 22.8 Å². The van der Waals surface area contributed by atoms with Crippen LogP contribution in [0.2, 0.25) is 0 Å². The number of rotatable bonds is 4. The molecule has 0 spiro atoms. The Morgan fingerprint density at radius 3 is 2.38 bits per heavy atom. The predicted octanol–water partition coefficient (Wildman–Crippen LogP) is 3.02. The Morgan fingerprint density at radius 1 is 1.23 bits per heavy atom. The van der Waals surface area contributed by atoms with Gasteiger partial charge in [-0.3, -0.25) is 0 Å². The van der Waals surface area contributed by atoms with Gasteiger partial charge in [-0.1, -0.05) is 0 Å². The van der Waals surface area contributed by atoms with Gasteiger partial charge in [-0.15, -0.1) is 11.8 Å². The van der Waals surface area contributed by atoms with Crippen LogP contribution in [0.1, 0.15) is 6.42 Å². The van der Waals surface area contributed by atoms with Crippen LogP contribution in [0.15, 0.2) is 29.2 Å². The van der Waals surface area contributed by atoms with Gasteiger partial charge < -0.3 is 5.73 Å². The average molecular weight is 203 g/mol. The lowest BCUT2D eigenvalue weighted by molar-refractivity contribution is 0.145. The van der Waals surface area contributed by atoms with Gasteiger partial charge in [0.05, 0.1) is 0 Å². The molecular weight excluding hydrogens is 192 g/mol. The van der Waals surface area contributed by atoms with Gasteiger partial charge in [0.15, 0.2) is 0 Å². The van der Waals surface area contributed by atoms with Crippen molar-refractivity contribution in [2.75, 3.05) is 11.5 Å². The fourth-order valence-electron chi connectivity index (χ4n) is 0.830. The Hall–Kier alpha value is -0.770. The summed E-state index contributed by atoms with van der Waals surface area (Å²) in [6, 6.07) is 7.21. The molecule has 0 saturated heterocycles. The van der Waals surface area contributed by atoms with Crippen LogP contribution in [0, 0.1) is 0 Å². The molecule has 0 radical (unpaired) electrons. The zero-order chi connectivity index (χ0) is 9.68. The van der Waals surface area contributed by atoms with E-state index in [0.29, 0.717) is 11.4 Å². The van der Waals surface area contributed by atoms with Crippen molar-refractivity contribution >= 4 is 17.4 Å². The average Bonchev–Trinajstić information content (AvgIpc) is 2.08. The lowest BCUT2D eigenvalue weighted by atomic mass is 10.3. The van der Waals surface area contributed by atoms with Crippen LogP contribution >= 0.6 is 11.8 Å². The van der Waals surface area contributed by atoms with Crippen molar-refractivity contribution in [2.24, 2.45) is 0 Å². The number of nitrogens with two attached hydrogens (primary N) is 1. The van der Waals surface area contributed by atoms with Crippen LogP contribution in [0.5, 0.6) is 0 Å². The molecule has 13 heavy (non-hydrogen) atoms. The maximum Gasteiger partial charge on any atom is 0.239 e. The smallest absolute Gasteiger partial charge is 0.239 e. The van der Waals surface area contributed by atoms with Crippen LogP contribution in [0.25, 0.3) is 0 Å². The summed E-state index contributed by atoms with van der Waals surface area (Å²) in [5.74, 6) is 0.446. The summed E-state index contributed by atoms with van der Waals surface area (Å²) >= 11 is 1.42. The summed E-state index contributed by atoms with van der Waals surface area (Å²) < 4.78 is 23.5. The van der Waals surface area contributed by atoms with Gasteiger partial charge in [0.1, 0.15) is 0 Å². The Kier molecular flexibility index (Phi) is 4.02. The number of nitrogen functional groups attached to an aromatic ring is 1. The summed E-state index contributed by atoms with van der Waals surface area (Å²) in [6.07, 6.45) is -2.27. The van der Waals surface area contributed by atoms with Crippen LogP contribution in [-0.4, -0.2) is 12.2 Å². The molecule has 0 saturated carbocycles. The summed E-state index contributed by atoms with van der Waals surface area (Å²) in [5.41, 5.74) is 6.17. The van der Waals surface area contributed by atoms with Crippen molar-refractivity contribution in [3.63, 3.8) is 0 Å². The normalized spacial score (nSPS) is 10.7. The molecule has 0 aliphatic rings. The standard InChI is InChI=1S/C9H11F2NS/c10-9(11)5-6-13-8-3-1-7(12)2-4-8/h1-4,9H,5-6,12H2. The quantitative estimate of drug-likeness (QED) is 0.601. The number of thioether (sulfide) groups is 1. The second-order valence-electron chi connectivity index (χ2n) is 2.60. The van der Waals surface area contributed by atoms with E-state index in [4.69, 9.17) is 5.73 Å². The maximum absolute atomic E-state index is 11.8. The van der Waals surface area contributed by atoms with E-state index in [2.05, 4.69) is 0 Å². The third kappa shape index (κ3) is 4.12. The molecule has 2 N–H and O–H groups in total. The van der Waals surface area contributed by atoms with Crippen molar-refractivity contribution in [3.8, 4) is 0 Å². The molecule has 0 unspecified atom stereocenters. The van der Waals surface area contributed by atoms with Crippen molar-refractivity contribution in [2.45, 2.75) is 17.7 Å². The molecule has 0 aliphatic carbocycles. The fourth-order valence-corrected chi connectivity index (χ4v) is 1.69. The van der Waals surface area contributed by atoms with E-state index in [9.17, 15) is 8.78 Å². The van der Waals surface area contributed by atoms with E-state index >= 15 is 0 Å². The zero-order valence-corrected chi connectivity index (χ0v) is 7.86. The van der Waals surface area contributed by atoms with E-state index in [0.717, 1.165) is 4.90 Å². The first kappa shape index (κ1) is 10.3. The molecule has 1 aromatic rings. The van der Waals surface area contributed by atoms with Gasteiger partial charge in [-0.05, 0) is 24.3 Å². The summed E-state index contributed by atoms with van der Waals surface area (Å²) in [4.78, 5) is 0.981. The van der Waals surface area contributed by atoms with Crippen LogP contribution in [0.3, 0.4) is 0 Å². The first-order chi connectivity index (χ1) is 6.18. The number of anilines is 1. The molecule has 0 aromatic heterocycles. The highest BCUT2D eigenvalue weighted by Crippen LogP contribution is 2.20. The SMILES string of the molecule is Nc1ccc(SCCC(F)F)cc1. The monoisotopic (exact) mass is 203 g/mol. The molecule has 1 nitrogen and oxygen atoms in total. The third-order valence-corrected chi connectivity index (χ3v) is 2.53. The molecule has 4 heteroatoms. The highest BCUT2D eigenvalue weighted by molar-refractivity contribution is 7.99. The molecule has 72 valence electrons. The predicted molar refractivity (Wildman–Crippen MR) is 52.2 cm³/mol. The van der Waals surface area contributed by atoms with Gasteiger partial charge in [0.2, 0.25) is 6.43 Å². The molecule has 0 atom stereocenters. The highest BCUT2D eigenvalue weighted by atomic mass is 32.2. The minimum absolute atomic E-state index is 0.0605. The summed E-state index contributed by atoms with van der Waals surface area (Å²) in [5, 5.41) is 0. The minimum Gasteiger partial charge on any atom is -0.399 e. The molecule has 0 bridgehead atoms. The van der Waals surface area contributed by atoms with E-state index in [1.807, 2.05) is 12.1 Å². The third-order valence-electron chi connectivity index (χ3n) is 1.48. The van der Waals surface area contributed by atoms with Crippen molar-refractivity contribution in [1.82, 2.24) is 0 Å². The topological polar surface area (TPSA) is 26.0 Å².